The maximum Gasteiger partial charge on any atom is 0.223 e. The smallest absolute Gasteiger partial charge is 0.223 e. The number of amides is 1. The molecular weight excluding hydrogens is 332 g/mol. The second-order valence-electron chi connectivity index (χ2n) is 7.86. The third-order valence-electron chi connectivity index (χ3n) is 5.30. The van der Waals surface area contributed by atoms with Crippen molar-refractivity contribution in [1.29, 1.82) is 0 Å². The number of likely N-dealkylation sites (N-methyl/N-ethyl adjacent to an activating group) is 1. The second-order valence-corrected chi connectivity index (χ2v) is 7.86. The molecule has 27 heavy (non-hydrogen) atoms. The van der Waals surface area contributed by atoms with Gasteiger partial charge in [-0.1, -0.05) is 75.4 Å². The first kappa shape index (κ1) is 21.2. The van der Waals surface area contributed by atoms with Crippen LogP contribution in [0.15, 0.2) is 61.2 Å². The summed E-state index contributed by atoms with van der Waals surface area (Å²) >= 11 is 0. The lowest BCUT2D eigenvalue weighted by molar-refractivity contribution is -0.126. The minimum Gasteiger partial charge on any atom is -0.352 e. The van der Waals surface area contributed by atoms with Crippen LogP contribution in [0.3, 0.4) is 0 Å². The Hall–Kier alpha value is -2.13. The number of benzene rings is 1. The summed E-state index contributed by atoms with van der Waals surface area (Å²) < 4.78 is 0. The first-order valence-corrected chi connectivity index (χ1v) is 10.00. The molecule has 1 N–H and O–H groups in total. The zero-order chi connectivity index (χ0) is 19.6. The summed E-state index contributed by atoms with van der Waals surface area (Å²) in [4.78, 5) is 14.6. The zero-order valence-corrected chi connectivity index (χ0v) is 16.9. The number of nitrogens with zero attached hydrogens (tertiary/aromatic N) is 1. The lowest BCUT2D eigenvalue weighted by Crippen LogP contribution is -2.33. The Kier molecular flexibility index (Phi) is 8.53. The number of carbonyl (C=O) groups is 1. The van der Waals surface area contributed by atoms with Gasteiger partial charge in [-0.3, -0.25) is 9.69 Å². The highest BCUT2D eigenvalue weighted by Crippen LogP contribution is 2.28. The molecule has 2 unspecified atom stereocenters. The molecule has 2 rings (SSSR count). The lowest BCUT2D eigenvalue weighted by atomic mass is 9.82. The fraction of sp³-hybridized carbons (Fsp3) is 0.458. The van der Waals surface area contributed by atoms with Crippen molar-refractivity contribution in [2.75, 3.05) is 13.6 Å². The van der Waals surface area contributed by atoms with E-state index in [0.29, 0.717) is 12.5 Å². The highest BCUT2D eigenvalue weighted by atomic mass is 16.1. The van der Waals surface area contributed by atoms with Crippen LogP contribution < -0.4 is 5.32 Å². The van der Waals surface area contributed by atoms with Gasteiger partial charge in [0.2, 0.25) is 5.91 Å². The number of rotatable bonds is 9. The van der Waals surface area contributed by atoms with E-state index in [-0.39, 0.29) is 11.8 Å². The van der Waals surface area contributed by atoms with Crippen molar-refractivity contribution in [3.63, 3.8) is 0 Å². The first-order valence-electron chi connectivity index (χ1n) is 10.00. The largest absolute Gasteiger partial charge is 0.352 e. The summed E-state index contributed by atoms with van der Waals surface area (Å²) in [5.74, 6) is 1.09. The third kappa shape index (κ3) is 7.18. The van der Waals surface area contributed by atoms with Crippen molar-refractivity contribution in [3.8, 4) is 0 Å². The molecule has 1 aliphatic rings. The molecule has 0 bridgehead atoms. The van der Waals surface area contributed by atoms with Crippen molar-refractivity contribution in [1.82, 2.24) is 10.2 Å². The molecule has 1 aromatic rings. The molecule has 1 aliphatic carbocycles. The van der Waals surface area contributed by atoms with Crippen LogP contribution in [0.5, 0.6) is 0 Å². The highest BCUT2D eigenvalue weighted by molar-refractivity contribution is 5.78. The molecule has 1 amide bonds. The van der Waals surface area contributed by atoms with Gasteiger partial charge < -0.3 is 5.32 Å². The fourth-order valence-electron chi connectivity index (χ4n) is 3.78. The monoisotopic (exact) mass is 366 g/mol. The van der Waals surface area contributed by atoms with Crippen LogP contribution in [0.1, 0.15) is 43.7 Å². The number of hydrogen-bond donors (Lipinski definition) is 1. The molecule has 1 fully saturated rings. The summed E-state index contributed by atoms with van der Waals surface area (Å²) in [7, 11) is 2.10. The predicted molar refractivity (Wildman–Crippen MR) is 114 cm³/mol. The third-order valence-corrected chi connectivity index (χ3v) is 5.30. The Morgan fingerprint density at radius 2 is 1.93 bits per heavy atom. The number of carbonyl (C=O) groups excluding carboxylic acids is 1. The van der Waals surface area contributed by atoms with Crippen LogP contribution in [0, 0.1) is 11.8 Å². The molecule has 0 aliphatic heterocycles. The average molecular weight is 367 g/mol. The summed E-state index contributed by atoms with van der Waals surface area (Å²) in [5, 5.41) is 3.12. The number of nitrogens with one attached hydrogen (secondary N) is 1. The Bertz CT molecular complexity index is 659. The van der Waals surface area contributed by atoms with Gasteiger partial charge in [0.1, 0.15) is 0 Å². The van der Waals surface area contributed by atoms with Crippen molar-refractivity contribution < 1.29 is 4.79 Å². The van der Waals surface area contributed by atoms with E-state index in [9.17, 15) is 4.79 Å². The standard InChI is InChI=1S/C24H34N2O/c1-5-8-20(6-2)17-26(4)18-22-13-11-21(12-14-22)16-25-24(27)23-10-7-9-19(3)15-23/h5-6,8,11-14,19,23H,1-2,7,9-10,15-18H2,3-4H3,(H,25,27)/b20-8+. The minimum atomic E-state index is 0.198. The molecular formula is C24H34N2O. The number of allylic oxidation sites excluding steroid dienone is 2. The Labute approximate surface area is 164 Å². The van der Waals surface area contributed by atoms with Crippen LogP contribution in [-0.4, -0.2) is 24.4 Å². The van der Waals surface area contributed by atoms with Gasteiger partial charge in [0.05, 0.1) is 0 Å². The molecule has 3 heteroatoms. The summed E-state index contributed by atoms with van der Waals surface area (Å²) in [5.41, 5.74) is 3.57. The van der Waals surface area contributed by atoms with Crippen LogP contribution in [0.25, 0.3) is 0 Å². The van der Waals surface area contributed by atoms with E-state index >= 15 is 0 Å². The molecule has 2 atom stereocenters. The summed E-state index contributed by atoms with van der Waals surface area (Å²) in [6, 6.07) is 8.51. The van der Waals surface area contributed by atoms with E-state index < -0.39 is 0 Å². The van der Waals surface area contributed by atoms with Gasteiger partial charge in [0.25, 0.3) is 0 Å². The van der Waals surface area contributed by atoms with E-state index in [2.05, 4.69) is 61.6 Å². The fourth-order valence-corrected chi connectivity index (χ4v) is 3.78. The average Bonchev–Trinajstić information content (AvgIpc) is 2.66. The van der Waals surface area contributed by atoms with Gasteiger partial charge in [-0.05, 0) is 42.5 Å². The zero-order valence-electron chi connectivity index (χ0n) is 16.9. The molecule has 0 heterocycles. The first-order chi connectivity index (χ1) is 13.0. The van der Waals surface area contributed by atoms with Crippen LogP contribution in [-0.2, 0) is 17.9 Å². The van der Waals surface area contributed by atoms with Gasteiger partial charge >= 0.3 is 0 Å². The minimum absolute atomic E-state index is 0.198. The predicted octanol–water partition coefficient (Wildman–Crippen LogP) is 4.86. The normalized spacial score (nSPS) is 20.3. The topological polar surface area (TPSA) is 32.3 Å². The van der Waals surface area contributed by atoms with Gasteiger partial charge in [-0.15, -0.1) is 0 Å². The lowest BCUT2D eigenvalue weighted by Gasteiger charge is -2.25. The van der Waals surface area contributed by atoms with E-state index in [4.69, 9.17) is 0 Å². The Morgan fingerprint density at radius 1 is 1.22 bits per heavy atom. The molecule has 0 radical (unpaired) electrons. The van der Waals surface area contributed by atoms with Gasteiger partial charge in [0, 0.05) is 25.6 Å². The van der Waals surface area contributed by atoms with Crippen molar-refractivity contribution in [2.45, 2.75) is 45.7 Å². The van der Waals surface area contributed by atoms with Crippen molar-refractivity contribution >= 4 is 5.91 Å². The van der Waals surface area contributed by atoms with E-state index in [1.807, 2.05) is 12.2 Å². The molecule has 3 nitrogen and oxygen atoms in total. The second kappa shape index (κ2) is 10.9. The molecule has 1 aromatic carbocycles. The van der Waals surface area contributed by atoms with E-state index in [1.54, 1.807) is 6.08 Å². The molecule has 0 spiro atoms. The quantitative estimate of drug-likeness (QED) is 0.633. The maximum absolute atomic E-state index is 12.4. The van der Waals surface area contributed by atoms with Crippen LogP contribution in [0.2, 0.25) is 0 Å². The number of hydrogen-bond acceptors (Lipinski definition) is 2. The summed E-state index contributed by atoms with van der Waals surface area (Å²) in [6.07, 6.45) is 10.2. The SMILES string of the molecule is C=C/C=C(\C=C)CN(C)Cc1ccc(CNC(=O)C2CCCC(C)C2)cc1. The van der Waals surface area contributed by atoms with Crippen molar-refractivity contribution in [3.05, 3.63) is 72.4 Å². The molecule has 0 saturated heterocycles. The van der Waals surface area contributed by atoms with Crippen LogP contribution in [0.4, 0.5) is 0 Å². The maximum atomic E-state index is 12.4. The highest BCUT2D eigenvalue weighted by Gasteiger charge is 2.24. The Morgan fingerprint density at radius 3 is 2.56 bits per heavy atom. The van der Waals surface area contributed by atoms with Gasteiger partial charge in [0.15, 0.2) is 0 Å². The van der Waals surface area contributed by atoms with Gasteiger partial charge in [-0.25, -0.2) is 0 Å². The van der Waals surface area contributed by atoms with Crippen molar-refractivity contribution in [2.24, 2.45) is 11.8 Å². The van der Waals surface area contributed by atoms with E-state index in [1.165, 1.54) is 18.4 Å². The Balaban J connectivity index is 1.80. The van der Waals surface area contributed by atoms with Crippen LogP contribution >= 0.6 is 0 Å². The summed E-state index contributed by atoms with van der Waals surface area (Å²) in [6.45, 7) is 12.2. The molecule has 146 valence electrons. The molecule has 0 aromatic heterocycles. The van der Waals surface area contributed by atoms with E-state index in [0.717, 1.165) is 37.1 Å². The van der Waals surface area contributed by atoms with Gasteiger partial charge in [-0.2, -0.15) is 0 Å². The molecule has 1 saturated carbocycles.